The van der Waals surface area contributed by atoms with Crippen molar-refractivity contribution >= 4 is 11.7 Å². The third-order valence-corrected chi connectivity index (χ3v) is 2.84. The Hall–Kier alpha value is -2.43. The Bertz CT molecular complexity index is 571. The van der Waals surface area contributed by atoms with Gasteiger partial charge in [0.2, 0.25) is 0 Å². The predicted molar refractivity (Wildman–Crippen MR) is 75.3 cm³/mol. The summed E-state index contributed by atoms with van der Waals surface area (Å²) < 4.78 is 6.91. The number of carbonyl (C=O) groups is 1. The molecule has 2 amide bonds. The van der Waals surface area contributed by atoms with Crippen molar-refractivity contribution in [1.82, 2.24) is 4.68 Å². The van der Waals surface area contributed by atoms with Gasteiger partial charge in [-0.25, -0.2) is 10.2 Å². The van der Waals surface area contributed by atoms with Gasteiger partial charge < -0.3 is 10.1 Å². The third-order valence-electron chi connectivity index (χ3n) is 2.84. The highest BCUT2D eigenvalue weighted by Gasteiger charge is 2.08. The summed E-state index contributed by atoms with van der Waals surface area (Å²) in [7, 11) is 1.57. The molecule has 100 valence electrons. The van der Waals surface area contributed by atoms with Crippen LogP contribution in [0, 0.1) is 13.8 Å². The molecule has 1 aromatic heterocycles. The van der Waals surface area contributed by atoms with Crippen LogP contribution in [0.1, 0.15) is 11.4 Å². The Balaban J connectivity index is 2.10. The van der Waals surface area contributed by atoms with E-state index in [9.17, 15) is 4.79 Å². The molecule has 1 aromatic carbocycles. The molecular weight excluding hydrogens is 242 g/mol. The summed E-state index contributed by atoms with van der Waals surface area (Å²) in [5.41, 5.74) is 5.33. The van der Waals surface area contributed by atoms with Gasteiger partial charge in [-0.05, 0) is 38.1 Å². The van der Waals surface area contributed by atoms with Crippen molar-refractivity contribution in [3.63, 3.8) is 0 Å². The fourth-order valence-corrected chi connectivity index (χ4v) is 1.84. The molecule has 0 spiro atoms. The number of ether oxygens (including phenoxy) is 1. The Morgan fingerprint density at radius 3 is 2.37 bits per heavy atom. The van der Waals surface area contributed by atoms with Crippen molar-refractivity contribution in [2.45, 2.75) is 13.8 Å². The Kier molecular flexibility index (Phi) is 3.75. The fourth-order valence-electron chi connectivity index (χ4n) is 1.84. The Morgan fingerprint density at radius 1 is 1.11 bits per heavy atom. The molecule has 5 nitrogen and oxygen atoms in total. The van der Waals surface area contributed by atoms with Gasteiger partial charge in [0.1, 0.15) is 5.75 Å². The summed E-state index contributed by atoms with van der Waals surface area (Å²) in [6, 6.07) is 10.8. The van der Waals surface area contributed by atoms with Gasteiger partial charge in [0, 0.05) is 11.4 Å². The van der Waals surface area contributed by atoms with Gasteiger partial charge in [-0.2, -0.15) is 0 Å². The molecule has 0 radical (unpaired) electrons. The second kappa shape index (κ2) is 5.48. The first-order valence-electron chi connectivity index (χ1n) is 5.98. The number of anilines is 1. The molecule has 2 N–H and O–H groups in total. The maximum absolute atomic E-state index is 12.0. The first-order valence-corrected chi connectivity index (χ1v) is 5.98. The van der Waals surface area contributed by atoms with Crippen molar-refractivity contribution in [1.29, 1.82) is 0 Å². The predicted octanol–water partition coefficient (Wildman–Crippen LogP) is 2.89. The maximum atomic E-state index is 12.0. The van der Waals surface area contributed by atoms with E-state index in [-0.39, 0.29) is 6.03 Å². The smallest absolute Gasteiger partial charge is 0.338 e. The molecule has 0 saturated carbocycles. The number of para-hydroxylation sites is 2. The average Bonchev–Trinajstić information content (AvgIpc) is 2.71. The number of benzene rings is 1. The zero-order valence-electron chi connectivity index (χ0n) is 11.2. The summed E-state index contributed by atoms with van der Waals surface area (Å²) in [6.07, 6.45) is 0. The number of aromatic nitrogens is 1. The number of carbonyl (C=O) groups excluding carboxylic acids is 1. The van der Waals surface area contributed by atoms with Crippen molar-refractivity contribution in [3.8, 4) is 5.75 Å². The van der Waals surface area contributed by atoms with Crippen LogP contribution >= 0.6 is 0 Å². The summed E-state index contributed by atoms with van der Waals surface area (Å²) in [5, 5.41) is 2.76. The van der Waals surface area contributed by atoms with Gasteiger partial charge in [-0.1, -0.05) is 12.1 Å². The molecule has 5 heteroatoms. The van der Waals surface area contributed by atoms with Crippen molar-refractivity contribution in [2.75, 3.05) is 17.9 Å². The van der Waals surface area contributed by atoms with Crippen LogP contribution in [0.2, 0.25) is 0 Å². The molecule has 0 saturated heterocycles. The highest BCUT2D eigenvalue weighted by Crippen LogP contribution is 2.22. The Morgan fingerprint density at radius 2 is 1.74 bits per heavy atom. The van der Waals surface area contributed by atoms with Crippen LogP contribution in [0.4, 0.5) is 10.5 Å². The average molecular weight is 259 g/mol. The van der Waals surface area contributed by atoms with Crippen molar-refractivity contribution in [2.24, 2.45) is 0 Å². The summed E-state index contributed by atoms with van der Waals surface area (Å²) >= 11 is 0. The minimum absolute atomic E-state index is 0.313. The largest absolute Gasteiger partial charge is 0.495 e. The molecular formula is C14H17N3O2. The van der Waals surface area contributed by atoms with Gasteiger partial charge in [0.05, 0.1) is 12.8 Å². The summed E-state index contributed by atoms with van der Waals surface area (Å²) in [5.74, 6) is 0.624. The van der Waals surface area contributed by atoms with Crippen LogP contribution in [-0.4, -0.2) is 17.8 Å². The SMILES string of the molecule is COc1ccccc1NC(=O)Nn1c(C)ccc1C. The molecule has 2 aromatic rings. The number of nitrogens with one attached hydrogen (secondary N) is 2. The zero-order chi connectivity index (χ0) is 13.8. The molecule has 0 fully saturated rings. The molecule has 0 aliphatic carbocycles. The van der Waals surface area contributed by atoms with Crippen LogP contribution in [-0.2, 0) is 0 Å². The third kappa shape index (κ3) is 2.88. The molecule has 2 rings (SSSR count). The van der Waals surface area contributed by atoms with Gasteiger partial charge in [0.25, 0.3) is 0 Å². The molecule has 19 heavy (non-hydrogen) atoms. The van der Waals surface area contributed by atoms with Crippen LogP contribution in [0.25, 0.3) is 0 Å². The van der Waals surface area contributed by atoms with E-state index in [4.69, 9.17) is 4.74 Å². The highest BCUT2D eigenvalue weighted by molar-refractivity contribution is 5.96. The second-order valence-corrected chi connectivity index (χ2v) is 4.22. The van der Waals surface area contributed by atoms with E-state index in [1.165, 1.54) is 0 Å². The monoisotopic (exact) mass is 259 g/mol. The number of hydrogen-bond donors (Lipinski definition) is 2. The zero-order valence-corrected chi connectivity index (χ0v) is 11.2. The normalized spacial score (nSPS) is 10.1. The lowest BCUT2D eigenvalue weighted by molar-refractivity contribution is 0.259. The molecule has 0 atom stereocenters. The molecule has 0 unspecified atom stereocenters. The Labute approximate surface area is 112 Å². The lowest BCUT2D eigenvalue weighted by Crippen LogP contribution is -2.29. The molecule has 0 bridgehead atoms. The number of nitrogens with zero attached hydrogens (tertiary/aromatic N) is 1. The van der Waals surface area contributed by atoms with E-state index in [2.05, 4.69) is 10.7 Å². The molecule has 0 aliphatic rings. The highest BCUT2D eigenvalue weighted by atomic mass is 16.5. The van der Waals surface area contributed by atoms with Gasteiger partial charge in [-0.15, -0.1) is 0 Å². The quantitative estimate of drug-likeness (QED) is 0.890. The lowest BCUT2D eigenvalue weighted by Gasteiger charge is -2.13. The number of aryl methyl sites for hydroxylation is 2. The van der Waals surface area contributed by atoms with Crippen molar-refractivity contribution < 1.29 is 9.53 Å². The first kappa shape index (κ1) is 13.0. The minimum Gasteiger partial charge on any atom is -0.495 e. The van der Waals surface area contributed by atoms with Crippen LogP contribution in [0.5, 0.6) is 5.75 Å². The second-order valence-electron chi connectivity index (χ2n) is 4.22. The van der Waals surface area contributed by atoms with Crippen LogP contribution in [0.15, 0.2) is 36.4 Å². The number of amides is 2. The lowest BCUT2D eigenvalue weighted by atomic mass is 10.3. The van der Waals surface area contributed by atoms with E-state index < -0.39 is 0 Å². The van der Waals surface area contributed by atoms with Gasteiger partial charge in [0.15, 0.2) is 0 Å². The molecule has 0 aliphatic heterocycles. The van der Waals surface area contributed by atoms with E-state index >= 15 is 0 Å². The maximum Gasteiger partial charge on any atom is 0.338 e. The minimum atomic E-state index is -0.313. The van der Waals surface area contributed by atoms with E-state index in [0.29, 0.717) is 11.4 Å². The number of methoxy groups -OCH3 is 1. The standard InChI is InChI=1S/C14H17N3O2/c1-10-8-9-11(2)17(10)16-14(18)15-12-6-4-5-7-13(12)19-3/h4-9H,1-3H3,(H2,15,16,18). The topological polar surface area (TPSA) is 55.3 Å². The number of hydrogen-bond acceptors (Lipinski definition) is 2. The van der Waals surface area contributed by atoms with Gasteiger partial charge in [-0.3, -0.25) is 4.68 Å². The van der Waals surface area contributed by atoms with E-state index in [1.54, 1.807) is 23.9 Å². The fraction of sp³-hybridized carbons (Fsp3) is 0.214. The summed E-state index contributed by atoms with van der Waals surface area (Å²) in [4.78, 5) is 12.0. The van der Waals surface area contributed by atoms with Crippen LogP contribution in [0.3, 0.4) is 0 Å². The van der Waals surface area contributed by atoms with Crippen LogP contribution < -0.4 is 15.5 Å². The first-order chi connectivity index (χ1) is 9.11. The van der Waals surface area contributed by atoms with E-state index in [1.807, 2.05) is 38.1 Å². The van der Waals surface area contributed by atoms with E-state index in [0.717, 1.165) is 11.4 Å². The molecule has 1 heterocycles. The number of rotatable bonds is 3. The van der Waals surface area contributed by atoms with Gasteiger partial charge >= 0.3 is 6.03 Å². The van der Waals surface area contributed by atoms with Crippen molar-refractivity contribution in [3.05, 3.63) is 47.8 Å². The summed E-state index contributed by atoms with van der Waals surface area (Å²) in [6.45, 7) is 3.85. The number of urea groups is 1.